The fourth-order valence-corrected chi connectivity index (χ4v) is 5.53. The van der Waals surface area contributed by atoms with Gasteiger partial charge in [-0.25, -0.2) is 0 Å². The molecule has 216 valence electrons. The van der Waals surface area contributed by atoms with Crippen molar-refractivity contribution in [1.82, 2.24) is 5.32 Å². The summed E-state index contributed by atoms with van der Waals surface area (Å²) in [6.45, 7) is -0.500. The second kappa shape index (κ2) is 11.8. The van der Waals surface area contributed by atoms with Gasteiger partial charge in [0.25, 0.3) is 0 Å². The topological polar surface area (TPSA) is 289 Å². The van der Waals surface area contributed by atoms with Crippen molar-refractivity contribution >= 4 is 0 Å². The number of nitrogens with two attached hydrogens (primary N) is 5. The second-order valence-electron chi connectivity index (χ2n) is 10.4. The first-order valence-corrected chi connectivity index (χ1v) is 12.5. The van der Waals surface area contributed by atoms with Crippen LogP contribution in [0.2, 0.25) is 0 Å². The van der Waals surface area contributed by atoms with Crippen LogP contribution in [0.5, 0.6) is 0 Å². The summed E-state index contributed by atoms with van der Waals surface area (Å²) in [5.74, 6) is 0. The number of aliphatic hydroxyl groups excluding tert-OH is 5. The maximum Gasteiger partial charge on any atom is 0.189 e. The minimum Gasteiger partial charge on any atom is -0.394 e. The van der Waals surface area contributed by atoms with E-state index in [0.29, 0.717) is 6.42 Å². The Labute approximate surface area is 214 Å². The lowest BCUT2D eigenvalue weighted by Crippen LogP contribution is -2.70. The Morgan fingerprint density at radius 3 is 2.08 bits per heavy atom. The van der Waals surface area contributed by atoms with Gasteiger partial charge in [0.05, 0.1) is 49.1 Å². The average molecular weight is 539 g/mol. The molecule has 0 amide bonds. The zero-order chi connectivity index (χ0) is 27.2. The Balaban J connectivity index is 1.43. The van der Waals surface area contributed by atoms with E-state index in [0.717, 1.165) is 0 Å². The standard InChI is InChI=1S/C21H42N6O10/c1-27-12-15(31)18-8(33-20(12)37-21-16(32)14(30)10(25)9(4-28)34-21)3-7(24)19(36-18)35-17-6(23)2-5(22)13(29)11(17)26/h5-21,27-32H,2-4,22-26H2,1H3/t5-,6?,7?,8+,9?,10-,11?,12?,13?,14?,15?,16?,17-,18?,19+,20?,21-/m1/s1. The third kappa shape index (κ3) is 5.66. The van der Waals surface area contributed by atoms with E-state index in [1.165, 1.54) is 0 Å². The molecular weight excluding hydrogens is 496 g/mol. The molecule has 0 radical (unpaired) electrons. The molecule has 16 N–H and O–H groups in total. The van der Waals surface area contributed by atoms with Crippen molar-refractivity contribution in [3.05, 3.63) is 0 Å². The van der Waals surface area contributed by atoms with E-state index < -0.39 is 111 Å². The van der Waals surface area contributed by atoms with Crippen molar-refractivity contribution in [2.45, 2.75) is 117 Å². The van der Waals surface area contributed by atoms with Crippen LogP contribution < -0.4 is 34.0 Å². The number of nitrogens with one attached hydrogen (secondary N) is 1. The van der Waals surface area contributed by atoms with Crippen molar-refractivity contribution in [2.75, 3.05) is 13.7 Å². The Bertz CT molecular complexity index is 757. The summed E-state index contributed by atoms with van der Waals surface area (Å²) in [5.41, 5.74) is 30.3. The molecule has 16 heteroatoms. The minimum absolute atomic E-state index is 0.197. The van der Waals surface area contributed by atoms with Gasteiger partial charge in [-0.2, -0.15) is 0 Å². The van der Waals surface area contributed by atoms with Gasteiger partial charge in [0.2, 0.25) is 0 Å². The molecule has 3 saturated heterocycles. The molecule has 0 bridgehead atoms. The number of rotatable bonds is 6. The quantitative estimate of drug-likeness (QED) is 0.150. The Morgan fingerprint density at radius 1 is 0.730 bits per heavy atom. The highest BCUT2D eigenvalue weighted by Crippen LogP contribution is 2.35. The lowest BCUT2D eigenvalue weighted by atomic mass is 9.83. The predicted octanol–water partition coefficient (Wildman–Crippen LogP) is -6.98. The van der Waals surface area contributed by atoms with Crippen LogP contribution in [0.1, 0.15) is 12.8 Å². The third-order valence-corrected chi connectivity index (χ3v) is 7.83. The maximum atomic E-state index is 11.2. The number of aliphatic hydroxyl groups is 5. The van der Waals surface area contributed by atoms with Crippen LogP contribution >= 0.6 is 0 Å². The monoisotopic (exact) mass is 538 g/mol. The van der Waals surface area contributed by atoms with Gasteiger partial charge in [0.15, 0.2) is 18.9 Å². The number of ether oxygens (including phenoxy) is 5. The zero-order valence-corrected chi connectivity index (χ0v) is 20.6. The highest BCUT2D eigenvalue weighted by atomic mass is 16.8. The summed E-state index contributed by atoms with van der Waals surface area (Å²) in [6, 6.07) is -4.56. The summed E-state index contributed by atoms with van der Waals surface area (Å²) in [7, 11) is 1.57. The number of hydrogen-bond acceptors (Lipinski definition) is 16. The van der Waals surface area contributed by atoms with Crippen molar-refractivity contribution in [2.24, 2.45) is 28.7 Å². The second-order valence-corrected chi connectivity index (χ2v) is 10.4. The first kappa shape index (κ1) is 29.3. The molecule has 37 heavy (non-hydrogen) atoms. The van der Waals surface area contributed by atoms with Crippen molar-refractivity contribution in [3.63, 3.8) is 0 Å². The molecule has 0 aromatic rings. The maximum absolute atomic E-state index is 11.2. The van der Waals surface area contributed by atoms with Crippen LogP contribution in [-0.2, 0) is 23.7 Å². The van der Waals surface area contributed by atoms with E-state index >= 15 is 0 Å². The van der Waals surface area contributed by atoms with E-state index in [9.17, 15) is 25.5 Å². The number of hydrogen-bond donors (Lipinski definition) is 11. The molecule has 1 aliphatic carbocycles. The molecular formula is C21H42N6O10. The third-order valence-electron chi connectivity index (χ3n) is 7.83. The molecule has 4 fully saturated rings. The number of likely N-dealkylation sites (N-methyl/N-ethyl adjacent to an activating group) is 1. The fraction of sp³-hybridized carbons (Fsp3) is 1.00. The SMILES string of the molecule is CNC1C(O[C@H]2OC(CO)[C@@H](N)C(O)C2O)O[C@H]2CC(N)[C@@H](O[C@@H]3C(N)C[C@@H](N)C(O)C3N)OC2C1O. The Kier molecular flexibility index (Phi) is 9.40. The van der Waals surface area contributed by atoms with Crippen LogP contribution in [0.25, 0.3) is 0 Å². The van der Waals surface area contributed by atoms with Gasteiger partial charge in [0, 0.05) is 12.1 Å². The summed E-state index contributed by atoms with van der Waals surface area (Å²) in [6.07, 6.45) is -11.5. The molecule has 3 aliphatic heterocycles. The Hall–Kier alpha value is -0.640. The molecule has 16 nitrogen and oxygen atoms in total. The Morgan fingerprint density at radius 2 is 1.43 bits per heavy atom. The van der Waals surface area contributed by atoms with Crippen molar-refractivity contribution in [1.29, 1.82) is 0 Å². The molecule has 0 aromatic heterocycles. The molecule has 0 spiro atoms. The van der Waals surface area contributed by atoms with Crippen molar-refractivity contribution < 1.29 is 49.2 Å². The highest BCUT2D eigenvalue weighted by molar-refractivity contribution is 5.02. The van der Waals surface area contributed by atoms with E-state index in [-0.39, 0.29) is 6.42 Å². The molecule has 3 heterocycles. The predicted molar refractivity (Wildman–Crippen MR) is 125 cm³/mol. The summed E-state index contributed by atoms with van der Waals surface area (Å²) >= 11 is 0. The van der Waals surface area contributed by atoms with Crippen LogP contribution in [0.4, 0.5) is 0 Å². The van der Waals surface area contributed by atoms with Gasteiger partial charge in [-0.15, -0.1) is 0 Å². The normalized spacial score (nSPS) is 55.1. The van der Waals surface area contributed by atoms with E-state index in [1.807, 2.05) is 0 Å². The summed E-state index contributed by atoms with van der Waals surface area (Å²) in [5, 5.41) is 54.5. The van der Waals surface area contributed by atoms with Gasteiger partial charge < -0.3 is 83.2 Å². The molecule has 4 aliphatic rings. The van der Waals surface area contributed by atoms with E-state index in [2.05, 4.69) is 5.32 Å². The largest absolute Gasteiger partial charge is 0.394 e. The molecule has 11 unspecified atom stereocenters. The van der Waals surface area contributed by atoms with E-state index in [4.69, 9.17) is 52.4 Å². The first-order valence-electron chi connectivity index (χ1n) is 12.5. The molecule has 17 atom stereocenters. The van der Waals surface area contributed by atoms with Gasteiger partial charge in [0.1, 0.15) is 30.5 Å². The smallest absolute Gasteiger partial charge is 0.189 e. The van der Waals surface area contributed by atoms with E-state index in [1.54, 1.807) is 7.05 Å². The highest BCUT2D eigenvalue weighted by Gasteiger charge is 2.54. The lowest BCUT2D eigenvalue weighted by molar-refractivity contribution is -0.372. The van der Waals surface area contributed by atoms with Crippen LogP contribution in [0.3, 0.4) is 0 Å². The summed E-state index contributed by atoms with van der Waals surface area (Å²) < 4.78 is 29.4. The zero-order valence-electron chi connectivity index (χ0n) is 20.6. The molecule has 4 rings (SSSR count). The van der Waals surface area contributed by atoms with Gasteiger partial charge in [-0.1, -0.05) is 0 Å². The van der Waals surface area contributed by atoms with Gasteiger partial charge in [-0.3, -0.25) is 0 Å². The summed E-state index contributed by atoms with van der Waals surface area (Å²) in [4.78, 5) is 0. The lowest BCUT2D eigenvalue weighted by Gasteiger charge is -2.51. The molecule has 1 saturated carbocycles. The van der Waals surface area contributed by atoms with Crippen molar-refractivity contribution in [3.8, 4) is 0 Å². The van der Waals surface area contributed by atoms with Crippen LogP contribution in [0.15, 0.2) is 0 Å². The van der Waals surface area contributed by atoms with Gasteiger partial charge in [-0.05, 0) is 19.9 Å². The fourth-order valence-electron chi connectivity index (χ4n) is 5.53. The molecule has 0 aromatic carbocycles. The van der Waals surface area contributed by atoms with Gasteiger partial charge >= 0.3 is 0 Å². The van der Waals surface area contributed by atoms with Crippen LogP contribution in [0, 0.1) is 0 Å². The number of fused-ring (bicyclic) bond motifs is 1. The first-order chi connectivity index (χ1) is 17.5. The van der Waals surface area contributed by atoms with Crippen LogP contribution in [-0.4, -0.2) is 143 Å². The minimum atomic E-state index is -1.52. The average Bonchev–Trinajstić information content (AvgIpc) is 2.86.